The minimum atomic E-state index is -0.690. The quantitative estimate of drug-likeness (QED) is 0.740. The van der Waals surface area contributed by atoms with Gasteiger partial charge in [0.1, 0.15) is 5.54 Å². The lowest BCUT2D eigenvalue weighted by atomic mass is 9.98. The fourth-order valence-corrected chi connectivity index (χ4v) is 2.64. The van der Waals surface area contributed by atoms with E-state index >= 15 is 0 Å². The summed E-state index contributed by atoms with van der Waals surface area (Å²) in [4.78, 5) is 14.0. The minimum Gasteiger partial charge on any atom is -0.337 e. The highest BCUT2D eigenvalue weighted by Crippen LogP contribution is 2.39. The zero-order valence-electron chi connectivity index (χ0n) is 11.1. The first-order valence-corrected chi connectivity index (χ1v) is 6.65. The van der Waals surface area contributed by atoms with E-state index in [2.05, 4.69) is 23.2 Å². The number of likely N-dealkylation sites (tertiary alicyclic amines) is 1. The van der Waals surface area contributed by atoms with Gasteiger partial charge in [-0.05, 0) is 31.6 Å². The fourth-order valence-electron chi connectivity index (χ4n) is 2.64. The molecule has 3 atom stereocenters. The van der Waals surface area contributed by atoms with E-state index in [1.165, 1.54) is 0 Å². The van der Waals surface area contributed by atoms with Gasteiger partial charge in [-0.2, -0.15) is 5.26 Å². The molecule has 1 saturated heterocycles. The molecule has 1 heterocycles. The highest BCUT2D eigenvalue weighted by molar-refractivity contribution is 5.79. The van der Waals surface area contributed by atoms with Crippen LogP contribution in [0.2, 0.25) is 0 Å². The summed E-state index contributed by atoms with van der Waals surface area (Å²) in [5, 5.41) is 12.1. The topological polar surface area (TPSA) is 82.2 Å². The third-order valence-corrected chi connectivity index (χ3v) is 4.14. The van der Waals surface area contributed by atoms with Crippen LogP contribution in [0.3, 0.4) is 0 Å². The van der Waals surface area contributed by atoms with Crippen molar-refractivity contribution in [3.63, 3.8) is 0 Å². The first kappa shape index (κ1) is 13.3. The lowest BCUT2D eigenvalue weighted by Crippen LogP contribution is -2.50. The van der Waals surface area contributed by atoms with E-state index in [1.807, 2.05) is 6.92 Å². The molecular weight excluding hydrogens is 228 g/mol. The molecule has 0 aromatic carbocycles. The molecule has 2 rings (SSSR count). The van der Waals surface area contributed by atoms with Crippen LogP contribution in [0.1, 0.15) is 26.7 Å². The average molecular weight is 250 g/mol. The molecule has 1 aliphatic heterocycles. The third kappa shape index (κ3) is 2.82. The normalized spacial score (nSPS) is 31.7. The number of amides is 1. The number of nitrogens with one attached hydrogen (secondary N) is 1. The molecule has 18 heavy (non-hydrogen) atoms. The van der Waals surface area contributed by atoms with E-state index in [-0.39, 0.29) is 11.9 Å². The van der Waals surface area contributed by atoms with Crippen LogP contribution in [-0.2, 0) is 4.79 Å². The zero-order valence-corrected chi connectivity index (χ0v) is 11.1. The lowest BCUT2D eigenvalue weighted by Gasteiger charge is -2.24. The number of hydrogen-bond acceptors (Lipinski definition) is 4. The Balaban J connectivity index is 1.84. The molecular formula is C13H22N4O. The molecule has 1 amide bonds. The number of hydrogen-bond donors (Lipinski definition) is 2. The number of carbonyl (C=O) groups is 1. The molecule has 0 aromatic heterocycles. The Kier molecular flexibility index (Phi) is 3.60. The van der Waals surface area contributed by atoms with Crippen molar-refractivity contribution in [2.45, 2.75) is 38.3 Å². The number of nitriles is 1. The van der Waals surface area contributed by atoms with E-state index in [0.717, 1.165) is 25.9 Å². The monoisotopic (exact) mass is 250 g/mol. The number of nitrogens with two attached hydrogens (primary N) is 1. The molecule has 2 aliphatic rings. The molecule has 100 valence electrons. The summed E-state index contributed by atoms with van der Waals surface area (Å²) in [5.74, 6) is 0.696. The van der Waals surface area contributed by atoms with E-state index in [0.29, 0.717) is 18.4 Å². The van der Waals surface area contributed by atoms with Crippen molar-refractivity contribution < 1.29 is 4.79 Å². The fraction of sp³-hybridized carbons (Fsp3) is 0.846. The molecule has 3 unspecified atom stereocenters. The van der Waals surface area contributed by atoms with Gasteiger partial charge in [-0.25, -0.2) is 0 Å². The van der Waals surface area contributed by atoms with Crippen LogP contribution in [0, 0.1) is 23.2 Å². The predicted molar refractivity (Wildman–Crippen MR) is 68.5 cm³/mol. The summed E-state index contributed by atoms with van der Waals surface area (Å²) in [6.45, 7) is 5.90. The van der Waals surface area contributed by atoms with Crippen molar-refractivity contribution >= 4 is 5.91 Å². The maximum atomic E-state index is 12.0. The van der Waals surface area contributed by atoms with Crippen molar-refractivity contribution in [2.24, 2.45) is 17.6 Å². The summed E-state index contributed by atoms with van der Waals surface area (Å²) in [6, 6.07) is 2.39. The Morgan fingerprint density at radius 2 is 2.22 bits per heavy atom. The van der Waals surface area contributed by atoms with Crippen LogP contribution in [0.15, 0.2) is 0 Å². The number of carbonyl (C=O) groups excluding carboxylic acids is 1. The zero-order chi connectivity index (χ0) is 13.3. The lowest BCUT2D eigenvalue weighted by molar-refractivity contribution is -0.123. The first-order valence-electron chi connectivity index (χ1n) is 6.65. The second-order valence-electron chi connectivity index (χ2n) is 5.97. The first-order chi connectivity index (χ1) is 8.44. The predicted octanol–water partition coefficient (Wildman–Crippen LogP) is 0.0739. The van der Waals surface area contributed by atoms with Gasteiger partial charge in [-0.1, -0.05) is 6.92 Å². The van der Waals surface area contributed by atoms with E-state index in [9.17, 15) is 10.1 Å². The van der Waals surface area contributed by atoms with Crippen molar-refractivity contribution in [3.8, 4) is 6.07 Å². The number of rotatable bonds is 4. The Labute approximate surface area is 108 Å². The molecule has 0 spiro atoms. The molecule has 3 N–H and O–H groups in total. The molecule has 0 radical (unpaired) electrons. The van der Waals surface area contributed by atoms with Crippen LogP contribution >= 0.6 is 0 Å². The SMILES string of the molecule is CC1CN(CC(=O)NC(C)(C#N)C2CC2)CC1N. The molecule has 5 heteroatoms. The maximum absolute atomic E-state index is 12.0. The van der Waals surface area contributed by atoms with Crippen LogP contribution in [0.4, 0.5) is 0 Å². The Morgan fingerprint density at radius 1 is 1.56 bits per heavy atom. The summed E-state index contributed by atoms with van der Waals surface area (Å²) in [6.07, 6.45) is 2.08. The van der Waals surface area contributed by atoms with E-state index < -0.39 is 5.54 Å². The second-order valence-corrected chi connectivity index (χ2v) is 5.97. The van der Waals surface area contributed by atoms with Gasteiger partial charge in [0.2, 0.25) is 5.91 Å². The standard InChI is InChI=1S/C13H22N4O/c1-9-5-17(6-11(9)15)7-12(18)16-13(2,8-14)10-3-4-10/h9-11H,3-7,15H2,1-2H3,(H,16,18). The molecule has 1 aliphatic carbocycles. The third-order valence-electron chi connectivity index (χ3n) is 4.14. The van der Waals surface area contributed by atoms with Gasteiger partial charge in [0.15, 0.2) is 0 Å². The van der Waals surface area contributed by atoms with Gasteiger partial charge >= 0.3 is 0 Å². The van der Waals surface area contributed by atoms with E-state index in [4.69, 9.17) is 5.73 Å². The van der Waals surface area contributed by atoms with Gasteiger partial charge in [0.05, 0.1) is 12.6 Å². The van der Waals surface area contributed by atoms with Crippen LogP contribution < -0.4 is 11.1 Å². The second kappa shape index (κ2) is 4.87. The average Bonchev–Trinajstić information content (AvgIpc) is 3.08. The van der Waals surface area contributed by atoms with Gasteiger partial charge in [0.25, 0.3) is 0 Å². The molecule has 2 fully saturated rings. The molecule has 0 aromatic rings. The van der Waals surface area contributed by atoms with Crippen LogP contribution in [0.25, 0.3) is 0 Å². The maximum Gasteiger partial charge on any atom is 0.235 e. The van der Waals surface area contributed by atoms with Crippen molar-refractivity contribution in [2.75, 3.05) is 19.6 Å². The van der Waals surface area contributed by atoms with Crippen LogP contribution in [0.5, 0.6) is 0 Å². The van der Waals surface area contributed by atoms with Gasteiger partial charge < -0.3 is 11.1 Å². The highest BCUT2D eigenvalue weighted by Gasteiger charge is 2.43. The Bertz CT molecular complexity index is 364. The van der Waals surface area contributed by atoms with Crippen molar-refractivity contribution in [1.82, 2.24) is 10.2 Å². The Hall–Kier alpha value is -1.12. The highest BCUT2D eigenvalue weighted by atomic mass is 16.2. The van der Waals surface area contributed by atoms with Gasteiger partial charge in [0, 0.05) is 19.1 Å². The summed E-state index contributed by atoms with van der Waals surface area (Å²) >= 11 is 0. The minimum absolute atomic E-state index is 0.0627. The van der Waals surface area contributed by atoms with Crippen molar-refractivity contribution in [3.05, 3.63) is 0 Å². The van der Waals surface area contributed by atoms with Crippen LogP contribution in [-0.4, -0.2) is 42.0 Å². The van der Waals surface area contributed by atoms with Crippen molar-refractivity contribution in [1.29, 1.82) is 5.26 Å². The molecule has 0 bridgehead atoms. The van der Waals surface area contributed by atoms with Gasteiger partial charge in [-0.3, -0.25) is 9.69 Å². The molecule has 5 nitrogen and oxygen atoms in total. The molecule has 1 saturated carbocycles. The summed E-state index contributed by atoms with van der Waals surface area (Å²) in [7, 11) is 0. The smallest absolute Gasteiger partial charge is 0.235 e. The Morgan fingerprint density at radius 3 is 2.67 bits per heavy atom. The summed E-state index contributed by atoms with van der Waals surface area (Å²) < 4.78 is 0. The van der Waals surface area contributed by atoms with Gasteiger partial charge in [-0.15, -0.1) is 0 Å². The largest absolute Gasteiger partial charge is 0.337 e. The number of nitrogens with zero attached hydrogens (tertiary/aromatic N) is 2. The van der Waals surface area contributed by atoms with E-state index in [1.54, 1.807) is 0 Å². The summed E-state index contributed by atoms with van der Waals surface area (Å²) in [5.41, 5.74) is 5.24.